The Bertz CT molecular complexity index is 1130. The summed E-state index contributed by atoms with van der Waals surface area (Å²) in [7, 11) is -3.64. The largest absolute Gasteiger partial charge is 0.368 e. The number of carbonyl (C=O) groups is 1. The fourth-order valence-corrected chi connectivity index (χ4v) is 5.74. The van der Waals surface area contributed by atoms with Crippen LogP contribution in [0, 0.1) is 5.82 Å². The van der Waals surface area contributed by atoms with Gasteiger partial charge in [-0.15, -0.1) is 0 Å². The molecule has 33 heavy (non-hydrogen) atoms. The van der Waals surface area contributed by atoms with Gasteiger partial charge in [-0.2, -0.15) is 4.31 Å². The molecular formula is C23H28FN5O3S. The van der Waals surface area contributed by atoms with Crippen LogP contribution in [0.4, 0.5) is 10.1 Å². The number of piperidine rings is 1. The molecule has 0 radical (unpaired) electrons. The summed E-state index contributed by atoms with van der Waals surface area (Å²) >= 11 is 0. The van der Waals surface area contributed by atoms with Gasteiger partial charge in [0, 0.05) is 38.8 Å². The van der Waals surface area contributed by atoms with Crippen LogP contribution >= 0.6 is 0 Å². The third kappa shape index (κ3) is 5.23. The van der Waals surface area contributed by atoms with Crippen molar-refractivity contribution >= 4 is 27.5 Å². The molecule has 0 unspecified atom stereocenters. The summed E-state index contributed by atoms with van der Waals surface area (Å²) in [5, 5.41) is 9.58. The van der Waals surface area contributed by atoms with Crippen LogP contribution in [0.2, 0.25) is 0 Å². The van der Waals surface area contributed by atoms with Crippen LogP contribution in [-0.4, -0.2) is 56.2 Å². The zero-order chi connectivity index (χ0) is 23.5. The van der Waals surface area contributed by atoms with E-state index >= 15 is 0 Å². The number of anilines is 1. The van der Waals surface area contributed by atoms with Gasteiger partial charge in [-0.1, -0.05) is 12.1 Å². The molecule has 2 aromatic carbocycles. The van der Waals surface area contributed by atoms with Crippen molar-refractivity contribution in [2.45, 2.75) is 36.7 Å². The smallest absolute Gasteiger partial charge is 0.243 e. The zero-order valence-corrected chi connectivity index (χ0v) is 19.3. The highest BCUT2D eigenvalue weighted by Gasteiger charge is 2.43. The lowest BCUT2D eigenvalue weighted by Gasteiger charge is -2.44. The van der Waals surface area contributed by atoms with E-state index in [1.807, 2.05) is 0 Å². The number of amidine groups is 1. The molecule has 2 aromatic rings. The second-order valence-corrected chi connectivity index (χ2v) is 10.3. The van der Waals surface area contributed by atoms with Crippen LogP contribution in [0.1, 0.15) is 25.3 Å². The predicted molar refractivity (Wildman–Crippen MR) is 125 cm³/mol. The third-order valence-electron chi connectivity index (χ3n) is 6.06. The molecule has 0 bridgehead atoms. The summed E-state index contributed by atoms with van der Waals surface area (Å²) in [4.78, 5) is 16.1. The van der Waals surface area contributed by atoms with Crippen molar-refractivity contribution in [2.75, 3.05) is 31.5 Å². The maximum absolute atomic E-state index is 13.2. The Hall–Kier alpha value is -2.82. The number of aliphatic imine (C=N–C) groups is 1. The van der Waals surface area contributed by atoms with E-state index in [0.29, 0.717) is 44.7 Å². The van der Waals surface area contributed by atoms with Crippen molar-refractivity contribution in [2.24, 2.45) is 4.99 Å². The van der Waals surface area contributed by atoms with Gasteiger partial charge in [-0.3, -0.25) is 9.79 Å². The highest BCUT2D eigenvalue weighted by Crippen LogP contribution is 2.29. The zero-order valence-electron chi connectivity index (χ0n) is 18.5. The topological polar surface area (TPSA) is 103 Å². The molecule has 0 saturated carbocycles. The molecule has 0 aromatic heterocycles. The molecule has 8 nitrogen and oxygen atoms in total. The monoisotopic (exact) mass is 473 g/mol. The first-order valence-electron chi connectivity index (χ1n) is 10.9. The Morgan fingerprint density at radius 2 is 1.79 bits per heavy atom. The number of nitrogens with zero attached hydrogens (tertiary/aromatic N) is 2. The minimum Gasteiger partial charge on any atom is -0.368 e. The Morgan fingerprint density at radius 3 is 2.42 bits per heavy atom. The number of halogens is 1. The minimum absolute atomic E-state index is 0.201. The van der Waals surface area contributed by atoms with Crippen molar-refractivity contribution in [3.05, 3.63) is 59.9 Å². The molecule has 176 valence electrons. The Labute approximate surface area is 193 Å². The maximum Gasteiger partial charge on any atom is 0.243 e. The first-order chi connectivity index (χ1) is 15.8. The molecule has 1 spiro atoms. The summed E-state index contributed by atoms with van der Waals surface area (Å²) in [6, 6.07) is 12.5. The molecule has 0 aliphatic carbocycles. The normalized spacial score (nSPS) is 18.5. The highest BCUT2D eigenvalue weighted by molar-refractivity contribution is 7.89. The lowest BCUT2D eigenvalue weighted by molar-refractivity contribution is -0.114. The van der Waals surface area contributed by atoms with Gasteiger partial charge in [0.2, 0.25) is 15.9 Å². The standard InChI is InChI=1S/C23H28FN5O3S/c1-17(30)28-20-6-8-21(9-7-20)33(31,32)29-14-10-23(11-15-29)22(25-12-13-27-23)26-16-18-2-4-19(24)5-3-18/h2-9,27H,10-16H2,1H3,(H,25,26)(H,28,30). The highest BCUT2D eigenvalue weighted by atomic mass is 32.2. The minimum atomic E-state index is -3.64. The van der Waals surface area contributed by atoms with E-state index in [2.05, 4.69) is 20.9 Å². The van der Waals surface area contributed by atoms with E-state index in [0.717, 1.165) is 17.9 Å². The summed E-state index contributed by atoms with van der Waals surface area (Å²) in [5.41, 5.74) is 1.10. The first-order valence-corrected chi connectivity index (χ1v) is 12.4. The quantitative estimate of drug-likeness (QED) is 0.617. The van der Waals surface area contributed by atoms with E-state index < -0.39 is 15.6 Å². The number of hydrogen-bond acceptors (Lipinski definition) is 6. The number of sulfonamides is 1. The van der Waals surface area contributed by atoms with E-state index in [4.69, 9.17) is 0 Å². The number of carbonyl (C=O) groups excluding carboxylic acids is 1. The molecule has 1 fully saturated rings. The SMILES string of the molecule is CC(=O)Nc1ccc(S(=O)(=O)N2CCC3(CC2)NCCN=C3NCc2ccc(F)cc2)cc1. The van der Waals surface area contributed by atoms with Crippen molar-refractivity contribution in [1.29, 1.82) is 0 Å². The number of amides is 1. The fraction of sp³-hybridized carbons (Fsp3) is 0.391. The molecule has 0 atom stereocenters. The van der Waals surface area contributed by atoms with Gasteiger partial charge in [-0.05, 0) is 54.8 Å². The first kappa shape index (κ1) is 23.3. The van der Waals surface area contributed by atoms with Crippen LogP contribution in [-0.2, 0) is 21.4 Å². The van der Waals surface area contributed by atoms with E-state index in [1.165, 1.54) is 35.5 Å². The molecule has 2 heterocycles. The van der Waals surface area contributed by atoms with Crippen molar-refractivity contribution < 1.29 is 17.6 Å². The second kappa shape index (κ2) is 9.58. The summed E-state index contributed by atoms with van der Waals surface area (Å²) in [5.74, 6) is 0.345. The van der Waals surface area contributed by atoms with Gasteiger partial charge in [0.05, 0.1) is 17.0 Å². The number of nitrogens with one attached hydrogen (secondary N) is 3. The molecule has 3 N–H and O–H groups in total. The summed E-state index contributed by atoms with van der Waals surface area (Å²) in [6.07, 6.45) is 1.18. The van der Waals surface area contributed by atoms with Gasteiger partial charge in [0.15, 0.2) is 0 Å². The third-order valence-corrected chi connectivity index (χ3v) is 7.97. The van der Waals surface area contributed by atoms with Gasteiger partial charge in [-0.25, -0.2) is 12.8 Å². The molecular weight excluding hydrogens is 445 g/mol. The van der Waals surface area contributed by atoms with Gasteiger partial charge >= 0.3 is 0 Å². The molecule has 1 amide bonds. The van der Waals surface area contributed by atoms with Gasteiger partial charge in [0.1, 0.15) is 11.7 Å². The molecule has 4 rings (SSSR count). The van der Waals surface area contributed by atoms with Gasteiger partial charge in [0.25, 0.3) is 0 Å². The fourth-order valence-electron chi connectivity index (χ4n) is 4.30. The van der Waals surface area contributed by atoms with E-state index in [9.17, 15) is 17.6 Å². The van der Waals surface area contributed by atoms with Crippen LogP contribution < -0.4 is 16.0 Å². The van der Waals surface area contributed by atoms with Crippen molar-refractivity contribution in [3.63, 3.8) is 0 Å². The lowest BCUT2D eigenvalue weighted by Crippen LogP contribution is -2.64. The molecule has 2 aliphatic heterocycles. The number of rotatable bonds is 5. The van der Waals surface area contributed by atoms with Crippen LogP contribution in [0.5, 0.6) is 0 Å². The van der Waals surface area contributed by atoms with Gasteiger partial charge < -0.3 is 16.0 Å². The summed E-state index contributed by atoms with van der Waals surface area (Å²) < 4.78 is 41.0. The Balaban J connectivity index is 1.42. The van der Waals surface area contributed by atoms with Crippen LogP contribution in [0.3, 0.4) is 0 Å². The number of benzene rings is 2. The molecule has 10 heteroatoms. The lowest BCUT2D eigenvalue weighted by atomic mass is 9.85. The average Bonchev–Trinajstić information content (AvgIpc) is 2.80. The average molecular weight is 474 g/mol. The van der Waals surface area contributed by atoms with Crippen LogP contribution in [0.25, 0.3) is 0 Å². The summed E-state index contributed by atoms with van der Waals surface area (Å²) in [6.45, 7) is 4.03. The van der Waals surface area contributed by atoms with Crippen LogP contribution in [0.15, 0.2) is 58.4 Å². The second-order valence-electron chi connectivity index (χ2n) is 8.33. The molecule has 2 aliphatic rings. The van der Waals surface area contributed by atoms with E-state index in [1.54, 1.807) is 24.3 Å². The van der Waals surface area contributed by atoms with E-state index in [-0.39, 0.29) is 16.6 Å². The Morgan fingerprint density at radius 1 is 1.12 bits per heavy atom. The van der Waals surface area contributed by atoms with Crippen molar-refractivity contribution in [3.8, 4) is 0 Å². The predicted octanol–water partition coefficient (Wildman–Crippen LogP) is 2.10. The number of hydrogen-bond donors (Lipinski definition) is 3. The van der Waals surface area contributed by atoms with Crippen molar-refractivity contribution in [1.82, 2.24) is 14.9 Å². The molecule has 1 saturated heterocycles. The Kier molecular flexibility index (Phi) is 6.78. The maximum atomic E-state index is 13.2.